The van der Waals surface area contributed by atoms with Crippen LogP contribution in [0.25, 0.3) is 0 Å². The molecule has 1 rings (SSSR count). The predicted octanol–water partition coefficient (Wildman–Crippen LogP) is -2.00. The fraction of sp³-hybridized carbons (Fsp3) is 0.889. The zero-order chi connectivity index (χ0) is 12.3. The van der Waals surface area contributed by atoms with Crippen LogP contribution in [0.5, 0.6) is 0 Å². The Morgan fingerprint density at radius 1 is 1.25 bits per heavy atom. The van der Waals surface area contributed by atoms with E-state index in [1.54, 1.807) is 0 Å². The third-order valence-corrected chi connectivity index (χ3v) is 2.35. The van der Waals surface area contributed by atoms with Crippen LogP contribution in [0.15, 0.2) is 0 Å². The molecule has 1 saturated heterocycles. The molecule has 3 unspecified atom stereocenters. The molecule has 1 aliphatic heterocycles. The van der Waals surface area contributed by atoms with Crippen LogP contribution in [0.2, 0.25) is 0 Å². The molecule has 0 bridgehead atoms. The summed E-state index contributed by atoms with van der Waals surface area (Å²) in [6, 6.07) is 0. The van der Waals surface area contributed by atoms with Crippen molar-refractivity contribution in [2.75, 3.05) is 13.7 Å². The Morgan fingerprint density at radius 3 is 2.38 bits per heavy atom. The van der Waals surface area contributed by atoms with Crippen LogP contribution in [0.1, 0.15) is 6.92 Å². The molecule has 0 aromatic heterocycles. The van der Waals surface area contributed by atoms with Crippen molar-refractivity contribution in [3.63, 3.8) is 0 Å². The minimum Gasteiger partial charge on any atom is -0.463 e. The van der Waals surface area contributed by atoms with Gasteiger partial charge in [0.25, 0.3) is 0 Å². The van der Waals surface area contributed by atoms with E-state index in [9.17, 15) is 20.1 Å². The standard InChI is InChI=1S/C9H16O7/c1-4(10)15-3-5-6(11)7(12)8(13)9(14-2)16-5/h5-9,11-13H,3H2,1-2H3/t5?,6-,7?,8?,9+/m0/s1. The summed E-state index contributed by atoms with van der Waals surface area (Å²) in [6.07, 6.45) is -6.06. The molecule has 0 radical (unpaired) electrons. The lowest BCUT2D eigenvalue weighted by Gasteiger charge is -2.39. The molecule has 16 heavy (non-hydrogen) atoms. The van der Waals surface area contributed by atoms with Crippen molar-refractivity contribution in [2.24, 2.45) is 0 Å². The summed E-state index contributed by atoms with van der Waals surface area (Å²) in [5, 5.41) is 28.5. The number of carbonyl (C=O) groups is 1. The van der Waals surface area contributed by atoms with Crippen LogP contribution in [-0.4, -0.2) is 65.7 Å². The molecule has 7 nitrogen and oxygen atoms in total. The largest absolute Gasteiger partial charge is 0.463 e. The summed E-state index contributed by atoms with van der Waals surface area (Å²) < 4.78 is 14.6. The summed E-state index contributed by atoms with van der Waals surface area (Å²) in [5.74, 6) is -0.523. The van der Waals surface area contributed by atoms with Gasteiger partial charge < -0.3 is 29.5 Å². The molecule has 5 atom stereocenters. The van der Waals surface area contributed by atoms with E-state index in [-0.39, 0.29) is 6.61 Å². The number of hydrogen-bond acceptors (Lipinski definition) is 7. The van der Waals surface area contributed by atoms with Crippen LogP contribution >= 0.6 is 0 Å². The molecule has 3 N–H and O–H groups in total. The van der Waals surface area contributed by atoms with Crippen LogP contribution in [0.3, 0.4) is 0 Å². The first kappa shape index (κ1) is 13.3. The molecule has 1 heterocycles. The molecule has 0 aromatic rings. The van der Waals surface area contributed by atoms with Crippen molar-refractivity contribution >= 4 is 5.97 Å². The van der Waals surface area contributed by atoms with E-state index >= 15 is 0 Å². The SMILES string of the molecule is CO[C@@H]1OC(COC(C)=O)[C@H](O)C(O)C1O. The highest BCUT2D eigenvalue weighted by atomic mass is 16.7. The third-order valence-electron chi connectivity index (χ3n) is 2.35. The normalized spacial score (nSPS) is 39.4. The number of methoxy groups -OCH3 is 1. The van der Waals surface area contributed by atoms with E-state index in [1.807, 2.05) is 0 Å². The molecule has 0 amide bonds. The van der Waals surface area contributed by atoms with Crippen LogP contribution in [0, 0.1) is 0 Å². The molecule has 1 aliphatic rings. The maximum atomic E-state index is 10.6. The Bertz CT molecular complexity index is 242. The highest BCUT2D eigenvalue weighted by Gasteiger charge is 2.44. The average molecular weight is 236 g/mol. The maximum absolute atomic E-state index is 10.6. The van der Waals surface area contributed by atoms with Gasteiger partial charge >= 0.3 is 5.97 Å². The van der Waals surface area contributed by atoms with Crippen LogP contribution in [0.4, 0.5) is 0 Å². The van der Waals surface area contributed by atoms with E-state index in [0.717, 1.165) is 0 Å². The lowest BCUT2D eigenvalue weighted by molar-refractivity contribution is -0.295. The van der Waals surface area contributed by atoms with E-state index in [1.165, 1.54) is 14.0 Å². The van der Waals surface area contributed by atoms with Gasteiger partial charge in [0, 0.05) is 14.0 Å². The van der Waals surface area contributed by atoms with Gasteiger partial charge in [0.05, 0.1) is 0 Å². The van der Waals surface area contributed by atoms with E-state index in [0.29, 0.717) is 0 Å². The average Bonchev–Trinajstić information content (AvgIpc) is 2.25. The van der Waals surface area contributed by atoms with Gasteiger partial charge in [-0.15, -0.1) is 0 Å². The summed E-state index contributed by atoms with van der Waals surface area (Å²) in [6.45, 7) is 1.01. The highest BCUT2D eigenvalue weighted by Crippen LogP contribution is 2.21. The first-order valence-corrected chi connectivity index (χ1v) is 4.83. The number of esters is 1. The van der Waals surface area contributed by atoms with Crippen molar-refractivity contribution in [3.8, 4) is 0 Å². The number of rotatable bonds is 3. The number of aliphatic hydroxyl groups is 3. The van der Waals surface area contributed by atoms with Crippen molar-refractivity contribution in [2.45, 2.75) is 37.6 Å². The zero-order valence-corrected chi connectivity index (χ0v) is 9.07. The molecule has 0 spiro atoms. The summed E-state index contributed by atoms with van der Waals surface area (Å²) in [7, 11) is 1.29. The topological polar surface area (TPSA) is 105 Å². The van der Waals surface area contributed by atoms with Gasteiger partial charge in [-0.25, -0.2) is 0 Å². The number of carbonyl (C=O) groups excluding carboxylic acids is 1. The second kappa shape index (κ2) is 5.55. The number of hydrogen-bond donors (Lipinski definition) is 3. The molecule has 94 valence electrons. The monoisotopic (exact) mass is 236 g/mol. The third kappa shape index (κ3) is 2.89. The minimum absolute atomic E-state index is 0.208. The molecule has 7 heteroatoms. The summed E-state index contributed by atoms with van der Waals surface area (Å²) in [5.41, 5.74) is 0. The Morgan fingerprint density at radius 2 is 1.88 bits per heavy atom. The van der Waals surface area contributed by atoms with E-state index < -0.39 is 36.7 Å². The van der Waals surface area contributed by atoms with Gasteiger partial charge in [0.1, 0.15) is 31.0 Å². The van der Waals surface area contributed by atoms with Crippen molar-refractivity contribution in [1.29, 1.82) is 0 Å². The molecular formula is C9H16O7. The molecule has 0 saturated carbocycles. The van der Waals surface area contributed by atoms with Crippen molar-refractivity contribution < 1.29 is 34.3 Å². The maximum Gasteiger partial charge on any atom is 0.302 e. The highest BCUT2D eigenvalue weighted by molar-refractivity contribution is 5.65. The summed E-state index contributed by atoms with van der Waals surface area (Å²) >= 11 is 0. The van der Waals surface area contributed by atoms with E-state index in [4.69, 9.17) is 9.47 Å². The lowest BCUT2D eigenvalue weighted by atomic mass is 9.99. The molecule has 1 fully saturated rings. The molecule has 0 aliphatic carbocycles. The first-order valence-electron chi connectivity index (χ1n) is 4.83. The van der Waals surface area contributed by atoms with Crippen molar-refractivity contribution in [3.05, 3.63) is 0 Å². The minimum atomic E-state index is -1.40. The second-order valence-electron chi connectivity index (χ2n) is 3.55. The van der Waals surface area contributed by atoms with Crippen LogP contribution in [-0.2, 0) is 19.0 Å². The summed E-state index contributed by atoms with van der Waals surface area (Å²) in [4.78, 5) is 10.6. The molecule has 0 aromatic carbocycles. The van der Waals surface area contributed by atoms with Gasteiger partial charge in [-0.1, -0.05) is 0 Å². The Kier molecular flexibility index (Phi) is 4.63. The Balaban J connectivity index is 2.60. The zero-order valence-electron chi connectivity index (χ0n) is 9.07. The van der Waals surface area contributed by atoms with Gasteiger partial charge in [-0.2, -0.15) is 0 Å². The van der Waals surface area contributed by atoms with E-state index in [2.05, 4.69) is 4.74 Å². The second-order valence-corrected chi connectivity index (χ2v) is 3.55. The lowest BCUT2D eigenvalue weighted by Crippen LogP contribution is -2.59. The van der Waals surface area contributed by atoms with Gasteiger partial charge in [0.15, 0.2) is 6.29 Å². The Labute approximate surface area is 92.5 Å². The van der Waals surface area contributed by atoms with Gasteiger partial charge in [-0.05, 0) is 0 Å². The smallest absolute Gasteiger partial charge is 0.302 e. The van der Waals surface area contributed by atoms with Gasteiger partial charge in [0.2, 0.25) is 0 Å². The quantitative estimate of drug-likeness (QED) is 0.487. The predicted molar refractivity (Wildman–Crippen MR) is 50.3 cm³/mol. The number of aliphatic hydroxyl groups excluding tert-OH is 3. The first-order chi connectivity index (χ1) is 7.47. The fourth-order valence-electron chi connectivity index (χ4n) is 1.45. The van der Waals surface area contributed by atoms with Crippen molar-refractivity contribution in [1.82, 2.24) is 0 Å². The van der Waals surface area contributed by atoms with Gasteiger partial charge in [-0.3, -0.25) is 4.79 Å². The fourth-order valence-corrected chi connectivity index (χ4v) is 1.45. The Hall–Kier alpha value is -0.730. The number of ether oxygens (including phenoxy) is 3. The molecular weight excluding hydrogens is 220 g/mol. The van der Waals surface area contributed by atoms with Crippen LogP contribution < -0.4 is 0 Å².